The van der Waals surface area contributed by atoms with Gasteiger partial charge in [0.2, 0.25) is 5.91 Å². The summed E-state index contributed by atoms with van der Waals surface area (Å²) in [6.07, 6.45) is 6.19. The second-order valence-electron chi connectivity index (χ2n) is 6.28. The van der Waals surface area contributed by atoms with E-state index in [-0.39, 0.29) is 5.91 Å². The number of ether oxygens (including phenoxy) is 2. The van der Waals surface area contributed by atoms with Crippen LogP contribution in [0.3, 0.4) is 0 Å². The fourth-order valence-electron chi connectivity index (χ4n) is 3.61. The topological polar surface area (TPSA) is 60.5 Å². The van der Waals surface area contributed by atoms with Crippen molar-refractivity contribution in [2.75, 3.05) is 18.5 Å². The standard InChI is InChI=1S/C17H20N2O3S/c20-15(19-13-10-12-4-9-23-14(12)18-11-13)17(5-2-1-3-6-17)16-21-7-8-22-16/h4,9-11,16H,1-3,5-8H2,(H,19,20). The molecule has 2 fully saturated rings. The molecule has 122 valence electrons. The molecule has 0 radical (unpaired) electrons. The highest BCUT2D eigenvalue weighted by Crippen LogP contribution is 2.43. The highest BCUT2D eigenvalue weighted by Gasteiger charge is 2.49. The number of pyridine rings is 1. The van der Waals surface area contributed by atoms with E-state index in [0.29, 0.717) is 13.2 Å². The number of thiophene rings is 1. The van der Waals surface area contributed by atoms with E-state index in [1.54, 1.807) is 17.5 Å². The van der Waals surface area contributed by atoms with E-state index >= 15 is 0 Å². The molecule has 0 aromatic carbocycles. The van der Waals surface area contributed by atoms with Gasteiger partial charge in [0.25, 0.3) is 0 Å². The molecule has 0 spiro atoms. The van der Waals surface area contributed by atoms with Crippen molar-refractivity contribution in [3.63, 3.8) is 0 Å². The van der Waals surface area contributed by atoms with Crippen molar-refractivity contribution in [1.29, 1.82) is 0 Å². The summed E-state index contributed by atoms with van der Waals surface area (Å²) in [5.41, 5.74) is 0.169. The monoisotopic (exact) mass is 332 g/mol. The van der Waals surface area contributed by atoms with Crippen LogP contribution in [-0.2, 0) is 14.3 Å². The molecular weight excluding hydrogens is 312 g/mol. The van der Waals surface area contributed by atoms with E-state index in [9.17, 15) is 4.79 Å². The highest BCUT2D eigenvalue weighted by atomic mass is 32.1. The first-order valence-electron chi connectivity index (χ1n) is 8.16. The van der Waals surface area contributed by atoms with Crippen molar-refractivity contribution in [1.82, 2.24) is 4.98 Å². The molecular formula is C17H20N2O3S. The minimum atomic E-state index is -0.571. The Kier molecular flexibility index (Phi) is 4.05. The van der Waals surface area contributed by atoms with Crippen molar-refractivity contribution in [2.45, 2.75) is 38.4 Å². The summed E-state index contributed by atoms with van der Waals surface area (Å²) in [5.74, 6) is 0.000444. The third-order valence-corrected chi connectivity index (χ3v) is 5.67. The number of aromatic nitrogens is 1. The zero-order valence-electron chi connectivity index (χ0n) is 12.9. The summed E-state index contributed by atoms with van der Waals surface area (Å²) >= 11 is 1.60. The number of nitrogens with zero attached hydrogens (tertiary/aromatic N) is 1. The van der Waals surface area contributed by atoms with Crippen LogP contribution in [-0.4, -0.2) is 30.4 Å². The molecule has 1 amide bonds. The molecule has 23 heavy (non-hydrogen) atoms. The molecule has 0 atom stereocenters. The molecule has 1 aliphatic heterocycles. The normalized spacial score (nSPS) is 21.6. The second-order valence-corrected chi connectivity index (χ2v) is 7.18. The zero-order chi connectivity index (χ0) is 15.7. The number of carbonyl (C=O) groups excluding carboxylic acids is 1. The van der Waals surface area contributed by atoms with Crippen LogP contribution >= 0.6 is 11.3 Å². The fraction of sp³-hybridized carbons (Fsp3) is 0.529. The van der Waals surface area contributed by atoms with Gasteiger partial charge in [0.1, 0.15) is 10.2 Å². The Balaban J connectivity index is 1.59. The summed E-state index contributed by atoms with van der Waals surface area (Å²) in [6, 6.07) is 3.99. The average Bonchev–Trinajstić information content (AvgIpc) is 3.27. The highest BCUT2D eigenvalue weighted by molar-refractivity contribution is 7.16. The van der Waals surface area contributed by atoms with Gasteiger partial charge >= 0.3 is 0 Å². The fourth-order valence-corrected chi connectivity index (χ4v) is 4.33. The number of nitrogens with one attached hydrogen (secondary N) is 1. The van der Waals surface area contributed by atoms with Crippen LogP contribution in [0, 0.1) is 5.41 Å². The summed E-state index contributed by atoms with van der Waals surface area (Å²) in [4.78, 5) is 18.4. The van der Waals surface area contributed by atoms with Gasteiger partial charge in [-0.2, -0.15) is 0 Å². The van der Waals surface area contributed by atoms with E-state index in [2.05, 4.69) is 10.3 Å². The predicted octanol–water partition coefficient (Wildman–Crippen LogP) is 3.56. The third-order valence-electron chi connectivity index (χ3n) is 4.83. The molecule has 1 aliphatic carbocycles. The number of hydrogen-bond donors (Lipinski definition) is 1. The van der Waals surface area contributed by atoms with Crippen LogP contribution in [0.5, 0.6) is 0 Å². The first kappa shape index (κ1) is 15.1. The first-order valence-corrected chi connectivity index (χ1v) is 9.04. The molecule has 5 nitrogen and oxygen atoms in total. The van der Waals surface area contributed by atoms with E-state index in [0.717, 1.165) is 41.6 Å². The smallest absolute Gasteiger partial charge is 0.235 e. The van der Waals surface area contributed by atoms with Gasteiger partial charge in [-0.05, 0) is 30.4 Å². The van der Waals surface area contributed by atoms with Crippen LogP contribution in [0.25, 0.3) is 10.2 Å². The number of rotatable bonds is 3. The molecule has 3 heterocycles. The SMILES string of the molecule is O=C(Nc1cnc2sccc2c1)C1(C2OCCO2)CCCCC1. The lowest BCUT2D eigenvalue weighted by Crippen LogP contribution is -2.47. The summed E-state index contributed by atoms with van der Waals surface area (Å²) in [5, 5.41) is 6.12. The number of amides is 1. The van der Waals surface area contributed by atoms with Crippen molar-refractivity contribution < 1.29 is 14.3 Å². The molecule has 1 saturated carbocycles. The average molecular weight is 332 g/mol. The molecule has 2 aromatic rings. The van der Waals surface area contributed by atoms with Gasteiger partial charge in [-0.1, -0.05) is 19.3 Å². The van der Waals surface area contributed by atoms with Gasteiger partial charge in [0.05, 0.1) is 25.1 Å². The lowest BCUT2D eigenvalue weighted by Gasteiger charge is -2.38. The zero-order valence-corrected chi connectivity index (χ0v) is 13.7. The Morgan fingerprint density at radius 2 is 2.04 bits per heavy atom. The van der Waals surface area contributed by atoms with Crippen LogP contribution in [0.2, 0.25) is 0 Å². The van der Waals surface area contributed by atoms with Crippen LogP contribution in [0.1, 0.15) is 32.1 Å². The maximum atomic E-state index is 13.1. The Hall–Kier alpha value is -1.50. The Morgan fingerprint density at radius 1 is 1.26 bits per heavy atom. The summed E-state index contributed by atoms with van der Waals surface area (Å²) in [7, 11) is 0. The van der Waals surface area contributed by atoms with E-state index < -0.39 is 11.7 Å². The molecule has 4 rings (SSSR count). The van der Waals surface area contributed by atoms with Gasteiger partial charge in [-0.3, -0.25) is 4.79 Å². The minimum Gasteiger partial charge on any atom is -0.349 e. The number of fused-ring (bicyclic) bond motifs is 1. The molecule has 0 unspecified atom stereocenters. The largest absolute Gasteiger partial charge is 0.349 e. The van der Waals surface area contributed by atoms with Crippen LogP contribution in [0.15, 0.2) is 23.7 Å². The summed E-state index contributed by atoms with van der Waals surface area (Å²) in [6.45, 7) is 1.14. The lowest BCUT2D eigenvalue weighted by atomic mass is 9.72. The minimum absolute atomic E-state index is 0.000444. The van der Waals surface area contributed by atoms with Crippen LogP contribution < -0.4 is 5.32 Å². The summed E-state index contributed by atoms with van der Waals surface area (Å²) < 4.78 is 11.4. The first-order chi connectivity index (χ1) is 11.3. The van der Waals surface area contributed by atoms with E-state index in [4.69, 9.17) is 9.47 Å². The predicted molar refractivity (Wildman–Crippen MR) is 89.5 cm³/mol. The lowest BCUT2D eigenvalue weighted by molar-refractivity contribution is -0.166. The van der Waals surface area contributed by atoms with Gasteiger partial charge in [0, 0.05) is 5.39 Å². The quantitative estimate of drug-likeness (QED) is 0.933. The number of hydrogen-bond acceptors (Lipinski definition) is 5. The Labute approximate surface area is 139 Å². The third kappa shape index (κ3) is 2.75. The van der Waals surface area contributed by atoms with Crippen molar-refractivity contribution in [2.24, 2.45) is 5.41 Å². The van der Waals surface area contributed by atoms with E-state index in [1.807, 2.05) is 17.5 Å². The molecule has 0 bridgehead atoms. The molecule has 2 aromatic heterocycles. The Morgan fingerprint density at radius 3 is 2.83 bits per heavy atom. The number of anilines is 1. The Bertz CT molecular complexity index is 703. The van der Waals surface area contributed by atoms with Gasteiger partial charge in [0.15, 0.2) is 6.29 Å². The molecule has 6 heteroatoms. The van der Waals surface area contributed by atoms with E-state index in [1.165, 1.54) is 6.42 Å². The molecule has 1 N–H and O–H groups in total. The van der Waals surface area contributed by atoms with Gasteiger partial charge in [-0.25, -0.2) is 4.98 Å². The molecule has 1 saturated heterocycles. The maximum absolute atomic E-state index is 13.1. The van der Waals surface area contributed by atoms with Crippen molar-refractivity contribution in [3.05, 3.63) is 23.7 Å². The van der Waals surface area contributed by atoms with Crippen LogP contribution in [0.4, 0.5) is 5.69 Å². The van der Waals surface area contributed by atoms with Crippen molar-refractivity contribution in [3.8, 4) is 0 Å². The van der Waals surface area contributed by atoms with Gasteiger partial charge in [-0.15, -0.1) is 11.3 Å². The number of carbonyl (C=O) groups is 1. The van der Waals surface area contributed by atoms with Crippen molar-refractivity contribution >= 4 is 33.1 Å². The van der Waals surface area contributed by atoms with Gasteiger partial charge < -0.3 is 14.8 Å². The maximum Gasteiger partial charge on any atom is 0.235 e. The molecule has 2 aliphatic rings. The second kappa shape index (κ2) is 6.19.